The zero-order valence-corrected chi connectivity index (χ0v) is 12.5. The normalized spacial score (nSPS) is 9.86. The number of anilines is 1. The predicted octanol–water partition coefficient (Wildman–Crippen LogP) is 2.34. The van der Waals surface area contributed by atoms with Crippen LogP contribution in [0.1, 0.15) is 12.8 Å². The van der Waals surface area contributed by atoms with Crippen LogP contribution in [0.15, 0.2) is 12.1 Å². The maximum absolute atomic E-state index is 11.7. The highest BCUT2D eigenvalue weighted by atomic mass is 35.5. The number of aliphatic carboxylic acids is 1. The van der Waals surface area contributed by atoms with Gasteiger partial charge in [0.1, 0.15) is 16.5 Å². The summed E-state index contributed by atoms with van der Waals surface area (Å²) in [4.78, 5) is 22.0. The number of carbonyl (C=O) groups excluding carboxylic acids is 1. The number of halogens is 1. The fourth-order valence-electron chi connectivity index (χ4n) is 1.56. The second kappa shape index (κ2) is 8.21. The van der Waals surface area contributed by atoms with E-state index >= 15 is 0 Å². The lowest BCUT2D eigenvalue weighted by Gasteiger charge is -2.12. The van der Waals surface area contributed by atoms with Crippen molar-refractivity contribution in [2.45, 2.75) is 12.8 Å². The third kappa shape index (κ3) is 5.39. The molecule has 7 nitrogen and oxygen atoms in total. The van der Waals surface area contributed by atoms with E-state index in [1.165, 1.54) is 14.2 Å². The molecule has 116 valence electrons. The van der Waals surface area contributed by atoms with Gasteiger partial charge in [-0.25, -0.2) is 4.79 Å². The van der Waals surface area contributed by atoms with Gasteiger partial charge in [-0.2, -0.15) is 0 Å². The summed E-state index contributed by atoms with van der Waals surface area (Å²) in [5.74, 6) is -0.154. The van der Waals surface area contributed by atoms with Gasteiger partial charge in [0, 0.05) is 30.8 Å². The highest BCUT2D eigenvalue weighted by Crippen LogP contribution is 2.37. The minimum Gasteiger partial charge on any atom is -0.495 e. The molecule has 0 aliphatic heterocycles. The van der Waals surface area contributed by atoms with Gasteiger partial charge in [-0.05, 0) is 6.42 Å². The van der Waals surface area contributed by atoms with E-state index in [1.54, 1.807) is 12.1 Å². The van der Waals surface area contributed by atoms with Gasteiger partial charge in [0.2, 0.25) is 0 Å². The van der Waals surface area contributed by atoms with Gasteiger partial charge in [0.05, 0.1) is 14.2 Å². The molecule has 0 unspecified atom stereocenters. The first kappa shape index (κ1) is 16.9. The Morgan fingerprint density at radius 3 is 2.29 bits per heavy atom. The molecule has 0 aliphatic rings. The summed E-state index contributed by atoms with van der Waals surface area (Å²) in [5.41, 5.74) is 0.448. The topological polar surface area (TPSA) is 96.9 Å². The Balaban J connectivity index is 2.61. The molecule has 0 aliphatic carbocycles. The smallest absolute Gasteiger partial charge is 0.319 e. The van der Waals surface area contributed by atoms with Crippen molar-refractivity contribution in [1.82, 2.24) is 5.32 Å². The maximum atomic E-state index is 11.7. The number of ether oxygens (including phenoxy) is 2. The van der Waals surface area contributed by atoms with Gasteiger partial charge < -0.3 is 25.2 Å². The number of carboxylic acid groups (broad SMARTS) is 1. The van der Waals surface area contributed by atoms with Crippen LogP contribution in [0, 0.1) is 0 Å². The Kier molecular flexibility index (Phi) is 6.61. The number of carbonyl (C=O) groups is 2. The molecule has 21 heavy (non-hydrogen) atoms. The number of carboxylic acids is 1. The van der Waals surface area contributed by atoms with Crippen LogP contribution in [0.3, 0.4) is 0 Å². The molecule has 0 saturated carbocycles. The first-order chi connectivity index (χ1) is 9.97. The van der Waals surface area contributed by atoms with Crippen LogP contribution in [-0.2, 0) is 4.79 Å². The van der Waals surface area contributed by atoms with Crippen LogP contribution >= 0.6 is 11.6 Å². The number of nitrogens with one attached hydrogen (secondary N) is 2. The predicted molar refractivity (Wildman–Crippen MR) is 78.4 cm³/mol. The van der Waals surface area contributed by atoms with Crippen LogP contribution in [-0.4, -0.2) is 37.9 Å². The summed E-state index contributed by atoms with van der Waals surface area (Å²) in [6, 6.07) is 2.66. The fraction of sp³-hybridized carbons (Fsp3) is 0.385. The molecular formula is C13H17ClN2O5. The Morgan fingerprint density at radius 1 is 1.24 bits per heavy atom. The van der Waals surface area contributed by atoms with E-state index < -0.39 is 12.0 Å². The average molecular weight is 317 g/mol. The molecule has 0 radical (unpaired) electrons. The van der Waals surface area contributed by atoms with Gasteiger partial charge in [-0.1, -0.05) is 11.6 Å². The van der Waals surface area contributed by atoms with E-state index in [1.807, 2.05) is 0 Å². The van der Waals surface area contributed by atoms with Crippen molar-refractivity contribution in [1.29, 1.82) is 0 Å². The van der Waals surface area contributed by atoms with Gasteiger partial charge >= 0.3 is 12.0 Å². The minimum atomic E-state index is -0.899. The lowest BCUT2D eigenvalue weighted by atomic mass is 10.2. The van der Waals surface area contributed by atoms with E-state index in [-0.39, 0.29) is 13.0 Å². The first-order valence-corrected chi connectivity index (χ1v) is 6.54. The Labute approximate surface area is 127 Å². The second-order valence-electron chi connectivity index (χ2n) is 4.07. The molecule has 0 atom stereocenters. The van der Waals surface area contributed by atoms with Crippen molar-refractivity contribution in [3.63, 3.8) is 0 Å². The van der Waals surface area contributed by atoms with Gasteiger partial charge in [0.15, 0.2) is 0 Å². The molecule has 3 N–H and O–H groups in total. The molecule has 0 saturated heterocycles. The monoisotopic (exact) mass is 316 g/mol. The summed E-state index contributed by atoms with van der Waals surface area (Å²) < 4.78 is 10.2. The van der Waals surface area contributed by atoms with Crippen molar-refractivity contribution in [3.8, 4) is 11.5 Å². The number of hydrogen-bond acceptors (Lipinski definition) is 4. The van der Waals surface area contributed by atoms with Crippen LogP contribution < -0.4 is 20.1 Å². The molecule has 1 aromatic carbocycles. The molecule has 8 heteroatoms. The van der Waals surface area contributed by atoms with Crippen molar-refractivity contribution in [2.75, 3.05) is 26.1 Å². The molecule has 0 aromatic heterocycles. The zero-order valence-electron chi connectivity index (χ0n) is 11.7. The Hall–Kier alpha value is -2.15. The number of benzene rings is 1. The quantitative estimate of drug-likeness (QED) is 0.671. The molecule has 0 spiro atoms. The first-order valence-electron chi connectivity index (χ1n) is 6.16. The number of amides is 2. The lowest BCUT2D eigenvalue weighted by molar-refractivity contribution is -0.137. The van der Waals surface area contributed by atoms with Gasteiger partial charge in [-0.15, -0.1) is 0 Å². The number of urea groups is 1. The minimum absolute atomic E-state index is 0.00285. The Morgan fingerprint density at radius 2 is 1.81 bits per heavy atom. The van der Waals surface area contributed by atoms with Crippen molar-refractivity contribution < 1.29 is 24.2 Å². The number of rotatable bonds is 7. The summed E-state index contributed by atoms with van der Waals surface area (Å²) in [6.07, 6.45) is 0.360. The standard InChI is InChI=1S/C13H17ClN2O5/c1-20-9-6-8(7-10(21-2)12(9)14)16-13(19)15-5-3-4-11(17)18/h6-7H,3-5H2,1-2H3,(H,17,18)(H2,15,16,19). The fourth-order valence-corrected chi connectivity index (χ4v) is 1.82. The molecule has 1 aromatic rings. The molecule has 2 amide bonds. The Bertz CT molecular complexity index is 496. The van der Waals surface area contributed by atoms with Gasteiger partial charge in [-0.3, -0.25) is 4.79 Å². The van der Waals surface area contributed by atoms with Crippen molar-refractivity contribution in [3.05, 3.63) is 17.2 Å². The highest BCUT2D eigenvalue weighted by Gasteiger charge is 2.11. The van der Waals surface area contributed by atoms with Crippen LogP contribution in [0.25, 0.3) is 0 Å². The maximum Gasteiger partial charge on any atom is 0.319 e. The summed E-state index contributed by atoms with van der Waals surface area (Å²) in [7, 11) is 2.91. The van der Waals surface area contributed by atoms with Crippen LogP contribution in [0.4, 0.5) is 10.5 Å². The molecule has 1 rings (SSSR count). The van der Waals surface area contributed by atoms with E-state index in [9.17, 15) is 9.59 Å². The summed E-state index contributed by atoms with van der Waals surface area (Å²) in [5, 5.41) is 13.9. The second-order valence-corrected chi connectivity index (χ2v) is 4.45. The van der Waals surface area contributed by atoms with Crippen LogP contribution in [0.2, 0.25) is 5.02 Å². The zero-order chi connectivity index (χ0) is 15.8. The summed E-state index contributed by atoms with van der Waals surface area (Å²) in [6.45, 7) is 0.264. The summed E-state index contributed by atoms with van der Waals surface area (Å²) >= 11 is 6.02. The van der Waals surface area contributed by atoms with Crippen LogP contribution in [0.5, 0.6) is 11.5 Å². The highest BCUT2D eigenvalue weighted by molar-refractivity contribution is 6.33. The van der Waals surface area contributed by atoms with E-state index in [2.05, 4.69) is 10.6 Å². The lowest BCUT2D eigenvalue weighted by Crippen LogP contribution is -2.29. The van der Waals surface area contributed by atoms with Gasteiger partial charge in [0.25, 0.3) is 0 Å². The number of hydrogen-bond donors (Lipinski definition) is 3. The van der Waals surface area contributed by atoms with Crippen molar-refractivity contribution >= 4 is 29.3 Å². The average Bonchev–Trinajstić information content (AvgIpc) is 2.45. The molecule has 0 heterocycles. The largest absolute Gasteiger partial charge is 0.495 e. The molecule has 0 bridgehead atoms. The van der Waals surface area contributed by atoms with E-state index in [0.29, 0.717) is 28.6 Å². The third-order valence-corrected chi connectivity index (χ3v) is 2.93. The SMILES string of the molecule is COc1cc(NC(=O)NCCCC(=O)O)cc(OC)c1Cl. The molecular weight excluding hydrogens is 300 g/mol. The number of methoxy groups -OCH3 is 2. The molecule has 0 fully saturated rings. The van der Waals surface area contributed by atoms with E-state index in [4.69, 9.17) is 26.2 Å². The van der Waals surface area contributed by atoms with Crippen molar-refractivity contribution in [2.24, 2.45) is 0 Å². The third-order valence-electron chi connectivity index (χ3n) is 2.56. The van der Waals surface area contributed by atoms with E-state index in [0.717, 1.165) is 0 Å².